The summed E-state index contributed by atoms with van der Waals surface area (Å²) < 4.78 is 44.6. The molecule has 1 amide bonds. The molecule has 1 heterocycles. The van der Waals surface area contributed by atoms with Gasteiger partial charge in [0.05, 0.1) is 30.0 Å². The van der Waals surface area contributed by atoms with Crippen LogP contribution in [0.25, 0.3) is 0 Å². The van der Waals surface area contributed by atoms with Crippen molar-refractivity contribution in [3.8, 4) is 0 Å². The zero-order valence-electron chi connectivity index (χ0n) is 12.8. The Morgan fingerprint density at radius 3 is 2.52 bits per heavy atom. The molecule has 8 heteroatoms. The van der Waals surface area contributed by atoms with Gasteiger partial charge in [-0.05, 0) is 32.0 Å². The van der Waals surface area contributed by atoms with Crippen molar-refractivity contribution in [3.05, 3.63) is 28.8 Å². The predicted octanol–water partition coefficient (Wildman–Crippen LogP) is 3.41. The first-order chi connectivity index (χ1) is 10.6. The lowest BCUT2D eigenvalue weighted by Crippen LogP contribution is -2.48. The van der Waals surface area contributed by atoms with Crippen LogP contribution >= 0.6 is 11.6 Å². The van der Waals surface area contributed by atoms with E-state index in [4.69, 9.17) is 16.3 Å². The normalized spacial score (nSPS) is 22.9. The standard InChI is InChI=1S/C15H18ClF3N2O2/c1-9-6-21(7-10(2)23-9)8-14(22)20-13-4-3-11(16)5-12(13)15(17,18)19/h3-5,9-10H,6-8H2,1-2H3,(H,20,22)/t9-,10-/m1/s1. The first-order valence-corrected chi connectivity index (χ1v) is 7.57. The molecule has 2 rings (SSSR count). The molecule has 4 nitrogen and oxygen atoms in total. The Bertz CT molecular complexity index is 570. The number of nitrogens with zero attached hydrogens (tertiary/aromatic N) is 1. The Labute approximate surface area is 137 Å². The Balaban J connectivity index is 2.06. The van der Waals surface area contributed by atoms with Crippen LogP contribution in [0, 0.1) is 0 Å². The fourth-order valence-corrected chi connectivity index (χ4v) is 2.84. The molecule has 1 aromatic carbocycles. The number of carbonyl (C=O) groups is 1. The largest absolute Gasteiger partial charge is 0.418 e. The van der Waals surface area contributed by atoms with Gasteiger partial charge in [0.15, 0.2) is 0 Å². The Kier molecular flexibility index (Phi) is 5.54. The summed E-state index contributed by atoms with van der Waals surface area (Å²) in [5.74, 6) is -0.501. The number of hydrogen-bond acceptors (Lipinski definition) is 3. The van der Waals surface area contributed by atoms with E-state index in [1.165, 1.54) is 6.07 Å². The molecular formula is C15H18ClF3N2O2. The third kappa shape index (κ3) is 5.09. The third-order valence-corrected chi connectivity index (χ3v) is 3.66. The number of alkyl halides is 3. The summed E-state index contributed by atoms with van der Waals surface area (Å²) >= 11 is 5.61. The number of hydrogen-bond donors (Lipinski definition) is 1. The molecule has 1 aliphatic rings. The van der Waals surface area contributed by atoms with Gasteiger partial charge in [0.1, 0.15) is 0 Å². The Morgan fingerprint density at radius 2 is 1.96 bits per heavy atom. The smallest absolute Gasteiger partial charge is 0.373 e. The summed E-state index contributed by atoms with van der Waals surface area (Å²) in [5.41, 5.74) is -1.25. The highest BCUT2D eigenvalue weighted by atomic mass is 35.5. The van der Waals surface area contributed by atoms with Crippen molar-refractivity contribution in [3.63, 3.8) is 0 Å². The number of rotatable bonds is 3. The van der Waals surface area contributed by atoms with Crippen LogP contribution in [-0.2, 0) is 15.7 Å². The summed E-state index contributed by atoms with van der Waals surface area (Å²) in [6, 6.07) is 3.27. The number of morpholine rings is 1. The van der Waals surface area contributed by atoms with Gasteiger partial charge in [-0.1, -0.05) is 11.6 Å². The molecular weight excluding hydrogens is 333 g/mol. The number of anilines is 1. The molecule has 1 N–H and O–H groups in total. The Hall–Kier alpha value is -1.31. The molecule has 0 aliphatic carbocycles. The summed E-state index contributed by atoms with van der Waals surface area (Å²) in [5, 5.41) is 2.29. The topological polar surface area (TPSA) is 41.6 Å². The monoisotopic (exact) mass is 350 g/mol. The molecule has 2 atom stereocenters. The lowest BCUT2D eigenvalue weighted by atomic mass is 10.1. The first kappa shape index (κ1) is 18.0. The average molecular weight is 351 g/mol. The SMILES string of the molecule is C[C@@H]1CN(CC(=O)Nc2ccc(Cl)cc2C(F)(F)F)C[C@@H](C)O1. The van der Waals surface area contributed by atoms with E-state index in [1.807, 2.05) is 18.7 Å². The second kappa shape index (κ2) is 7.07. The summed E-state index contributed by atoms with van der Waals surface area (Å²) in [6.45, 7) is 4.91. The molecule has 1 saturated heterocycles. The number of amides is 1. The van der Waals surface area contributed by atoms with E-state index in [0.717, 1.165) is 12.1 Å². The van der Waals surface area contributed by atoms with Crippen LogP contribution in [0.2, 0.25) is 5.02 Å². The molecule has 23 heavy (non-hydrogen) atoms. The van der Waals surface area contributed by atoms with Gasteiger partial charge in [-0.3, -0.25) is 9.69 Å². The molecule has 128 valence electrons. The van der Waals surface area contributed by atoms with E-state index >= 15 is 0 Å². The van der Waals surface area contributed by atoms with Crippen molar-refractivity contribution >= 4 is 23.2 Å². The van der Waals surface area contributed by atoms with Crippen LogP contribution in [0.1, 0.15) is 19.4 Å². The minimum atomic E-state index is -4.59. The molecule has 0 bridgehead atoms. The molecule has 0 saturated carbocycles. The zero-order valence-corrected chi connectivity index (χ0v) is 13.5. The molecule has 0 aromatic heterocycles. The highest BCUT2D eigenvalue weighted by molar-refractivity contribution is 6.30. The van der Waals surface area contributed by atoms with E-state index in [-0.39, 0.29) is 29.5 Å². The van der Waals surface area contributed by atoms with E-state index in [9.17, 15) is 18.0 Å². The lowest BCUT2D eigenvalue weighted by Gasteiger charge is -2.34. The number of ether oxygens (including phenoxy) is 1. The summed E-state index contributed by atoms with van der Waals surface area (Å²) in [7, 11) is 0. The van der Waals surface area contributed by atoms with Crippen LogP contribution in [0.3, 0.4) is 0 Å². The quantitative estimate of drug-likeness (QED) is 0.908. The fraction of sp³-hybridized carbons (Fsp3) is 0.533. The van der Waals surface area contributed by atoms with Gasteiger partial charge in [0.2, 0.25) is 5.91 Å². The molecule has 1 aromatic rings. The van der Waals surface area contributed by atoms with Gasteiger partial charge in [0.25, 0.3) is 0 Å². The van der Waals surface area contributed by atoms with E-state index in [2.05, 4.69) is 5.32 Å². The molecule has 0 spiro atoms. The molecule has 0 radical (unpaired) electrons. The van der Waals surface area contributed by atoms with Crippen molar-refractivity contribution < 1.29 is 22.7 Å². The van der Waals surface area contributed by atoms with Crippen LogP contribution in [0.5, 0.6) is 0 Å². The minimum absolute atomic E-state index is 0.0119. The minimum Gasteiger partial charge on any atom is -0.373 e. The van der Waals surface area contributed by atoms with Gasteiger partial charge >= 0.3 is 6.18 Å². The fourth-order valence-electron chi connectivity index (χ4n) is 2.67. The number of carbonyl (C=O) groups excluding carboxylic acids is 1. The maximum absolute atomic E-state index is 13.0. The maximum atomic E-state index is 13.0. The van der Waals surface area contributed by atoms with E-state index in [0.29, 0.717) is 13.1 Å². The highest BCUT2D eigenvalue weighted by Crippen LogP contribution is 2.36. The van der Waals surface area contributed by atoms with Crippen LogP contribution < -0.4 is 5.32 Å². The zero-order chi connectivity index (χ0) is 17.2. The number of halogens is 4. The molecule has 1 aliphatic heterocycles. The van der Waals surface area contributed by atoms with Crippen molar-refractivity contribution in [2.24, 2.45) is 0 Å². The second-order valence-electron chi connectivity index (χ2n) is 5.69. The van der Waals surface area contributed by atoms with Gasteiger partial charge in [0, 0.05) is 18.1 Å². The molecule has 0 unspecified atom stereocenters. The third-order valence-electron chi connectivity index (χ3n) is 3.42. The summed E-state index contributed by atoms with van der Waals surface area (Å²) in [4.78, 5) is 13.9. The average Bonchev–Trinajstić information content (AvgIpc) is 2.38. The van der Waals surface area contributed by atoms with Crippen molar-refractivity contribution in [1.29, 1.82) is 0 Å². The molecule has 1 fully saturated rings. The van der Waals surface area contributed by atoms with Crippen molar-refractivity contribution in [2.45, 2.75) is 32.2 Å². The van der Waals surface area contributed by atoms with Crippen LogP contribution in [0.4, 0.5) is 18.9 Å². The van der Waals surface area contributed by atoms with Crippen LogP contribution in [-0.4, -0.2) is 42.6 Å². The predicted molar refractivity (Wildman–Crippen MR) is 81.5 cm³/mol. The van der Waals surface area contributed by atoms with Crippen LogP contribution in [0.15, 0.2) is 18.2 Å². The van der Waals surface area contributed by atoms with Gasteiger partial charge in [-0.15, -0.1) is 0 Å². The first-order valence-electron chi connectivity index (χ1n) is 7.19. The Morgan fingerprint density at radius 1 is 1.35 bits per heavy atom. The van der Waals surface area contributed by atoms with Crippen molar-refractivity contribution in [2.75, 3.05) is 25.0 Å². The highest BCUT2D eigenvalue weighted by Gasteiger charge is 2.34. The lowest BCUT2D eigenvalue weighted by molar-refractivity contribution is -0.137. The second-order valence-corrected chi connectivity index (χ2v) is 6.12. The van der Waals surface area contributed by atoms with E-state index in [1.54, 1.807) is 0 Å². The number of nitrogens with one attached hydrogen (secondary N) is 1. The van der Waals surface area contributed by atoms with Gasteiger partial charge in [-0.2, -0.15) is 13.2 Å². The van der Waals surface area contributed by atoms with E-state index < -0.39 is 17.6 Å². The van der Waals surface area contributed by atoms with Gasteiger partial charge in [-0.25, -0.2) is 0 Å². The van der Waals surface area contributed by atoms with Gasteiger partial charge < -0.3 is 10.1 Å². The maximum Gasteiger partial charge on any atom is 0.418 e. The number of benzene rings is 1. The summed E-state index contributed by atoms with van der Waals surface area (Å²) in [6.07, 6.45) is -4.63. The van der Waals surface area contributed by atoms with Crippen molar-refractivity contribution in [1.82, 2.24) is 4.90 Å².